The molecule has 148 valence electrons. The third-order valence-electron chi connectivity index (χ3n) is 4.76. The Hall–Kier alpha value is -3.32. The molecule has 0 spiro atoms. The summed E-state index contributed by atoms with van der Waals surface area (Å²) in [5, 5.41) is 8.89. The van der Waals surface area contributed by atoms with E-state index in [4.69, 9.17) is 14.9 Å². The summed E-state index contributed by atoms with van der Waals surface area (Å²) in [6.45, 7) is 0. The van der Waals surface area contributed by atoms with Crippen LogP contribution in [0.25, 0.3) is 0 Å². The Kier molecular flexibility index (Phi) is 5.22. The molecule has 7 heteroatoms. The summed E-state index contributed by atoms with van der Waals surface area (Å²) in [4.78, 5) is 0. The van der Waals surface area contributed by atoms with Gasteiger partial charge in [-0.15, -0.1) is 0 Å². The molecule has 3 aromatic rings. The van der Waals surface area contributed by atoms with Gasteiger partial charge in [0.2, 0.25) is 11.2 Å². The lowest BCUT2D eigenvalue weighted by molar-refractivity contribution is 0.354. The Morgan fingerprint density at radius 1 is 0.828 bits per heavy atom. The van der Waals surface area contributed by atoms with Crippen LogP contribution in [-0.4, -0.2) is 24.3 Å². The smallest absolute Gasteiger partial charge is 0.232 e. The molecule has 0 radical (unpaired) electrons. The third-order valence-corrected chi connectivity index (χ3v) is 6.24. The lowest BCUT2D eigenvalue weighted by atomic mass is 10.0. The van der Waals surface area contributed by atoms with Crippen LogP contribution in [-0.2, 0) is 11.2 Å². The van der Waals surface area contributed by atoms with Crippen molar-refractivity contribution in [1.29, 1.82) is 5.41 Å². The Bertz CT molecular complexity index is 1040. The maximum absolute atomic E-state index is 13.5. The van der Waals surface area contributed by atoms with Crippen molar-refractivity contribution in [3.8, 4) is 11.5 Å². The summed E-state index contributed by atoms with van der Waals surface area (Å²) >= 11 is -1.61. The van der Waals surface area contributed by atoms with E-state index in [-0.39, 0.29) is 5.84 Å². The molecule has 2 atom stereocenters. The molecule has 0 aliphatic carbocycles. The standard InChI is InChI=1S/C22H21N3O3S/c1-27-19-14-13-16(15-20(19)28-2)21-22(23)25(18-11-7-4-8-12-18)29(26)24(21)17-9-5-3-6-10-17/h3-15,21,23H,1-2H3. The molecule has 0 aromatic heterocycles. The summed E-state index contributed by atoms with van der Waals surface area (Å²) in [5.41, 5.74) is 2.27. The minimum atomic E-state index is -1.61. The summed E-state index contributed by atoms with van der Waals surface area (Å²) in [5.74, 6) is 1.40. The second kappa shape index (κ2) is 7.97. The molecule has 1 fully saturated rings. The van der Waals surface area contributed by atoms with Crippen LogP contribution in [0.1, 0.15) is 11.6 Å². The maximum atomic E-state index is 13.5. The Morgan fingerprint density at radius 2 is 1.41 bits per heavy atom. The number of anilines is 2. The third kappa shape index (κ3) is 3.34. The molecule has 29 heavy (non-hydrogen) atoms. The van der Waals surface area contributed by atoms with E-state index in [1.807, 2.05) is 72.8 Å². The number of hydrogen-bond donors (Lipinski definition) is 1. The van der Waals surface area contributed by atoms with Gasteiger partial charge in [-0.1, -0.05) is 42.5 Å². The SMILES string of the molecule is COc1ccc(C2C(=N)N(c3ccccc3)S(=O)N2c2ccccc2)cc1OC. The van der Waals surface area contributed by atoms with E-state index in [1.54, 1.807) is 28.9 Å². The van der Waals surface area contributed by atoms with E-state index in [0.29, 0.717) is 17.2 Å². The van der Waals surface area contributed by atoms with Gasteiger partial charge in [0.05, 0.1) is 25.6 Å². The van der Waals surface area contributed by atoms with Gasteiger partial charge >= 0.3 is 0 Å². The molecule has 6 nitrogen and oxygen atoms in total. The molecule has 1 N–H and O–H groups in total. The van der Waals surface area contributed by atoms with Crippen LogP contribution in [0.4, 0.5) is 11.4 Å². The van der Waals surface area contributed by atoms with Gasteiger partial charge in [0.25, 0.3) is 0 Å². The molecular formula is C22H21N3O3S. The lowest BCUT2D eigenvalue weighted by Gasteiger charge is -2.23. The molecule has 0 amide bonds. The zero-order valence-electron chi connectivity index (χ0n) is 16.1. The molecule has 3 aromatic carbocycles. The number of nitrogens with one attached hydrogen (secondary N) is 1. The van der Waals surface area contributed by atoms with Gasteiger partial charge < -0.3 is 9.47 Å². The first kappa shape index (κ1) is 19.0. The van der Waals surface area contributed by atoms with Gasteiger partial charge in [0.1, 0.15) is 11.9 Å². The monoisotopic (exact) mass is 407 g/mol. The Balaban J connectivity index is 1.85. The van der Waals surface area contributed by atoms with Gasteiger partial charge in [-0.3, -0.25) is 9.71 Å². The summed E-state index contributed by atoms with van der Waals surface area (Å²) < 4.78 is 27.6. The van der Waals surface area contributed by atoms with E-state index >= 15 is 0 Å². The number of ether oxygens (including phenoxy) is 2. The topological polar surface area (TPSA) is 65.9 Å². The van der Waals surface area contributed by atoms with Crippen molar-refractivity contribution in [2.75, 3.05) is 22.8 Å². The fourth-order valence-corrected chi connectivity index (χ4v) is 4.86. The minimum Gasteiger partial charge on any atom is -0.493 e. The van der Waals surface area contributed by atoms with Gasteiger partial charge in [-0.2, -0.15) is 0 Å². The van der Waals surface area contributed by atoms with Crippen LogP contribution in [0.2, 0.25) is 0 Å². The van der Waals surface area contributed by atoms with Crippen LogP contribution < -0.4 is 18.1 Å². The fraction of sp³-hybridized carbons (Fsp3) is 0.136. The fourth-order valence-electron chi connectivity index (χ4n) is 3.41. The highest BCUT2D eigenvalue weighted by molar-refractivity contribution is 7.89. The van der Waals surface area contributed by atoms with Gasteiger partial charge in [0, 0.05) is 0 Å². The highest BCUT2D eigenvalue weighted by Gasteiger charge is 2.44. The molecule has 4 rings (SSSR count). The molecule has 2 unspecified atom stereocenters. The molecular weight excluding hydrogens is 386 g/mol. The highest BCUT2D eigenvalue weighted by Crippen LogP contribution is 2.41. The number of para-hydroxylation sites is 2. The van der Waals surface area contributed by atoms with Crippen LogP contribution >= 0.6 is 0 Å². The zero-order chi connectivity index (χ0) is 20.4. The van der Waals surface area contributed by atoms with Gasteiger partial charge in [-0.25, -0.2) is 8.51 Å². The van der Waals surface area contributed by atoms with Crippen LogP contribution in [0, 0.1) is 5.41 Å². The molecule has 1 aliphatic rings. The first-order chi connectivity index (χ1) is 14.2. The second-order valence-corrected chi connectivity index (χ2v) is 7.64. The van der Waals surface area contributed by atoms with Crippen molar-refractivity contribution in [3.63, 3.8) is 0 Å². The van der Waals surface area contributed by atoms with Crippen molar-refractivity contribution < 1.29 is 13.7 Å². The van der Waals surface area contributed by atoms with E-state index in [9.17, 15) is 4.21 Å². The van der Waals surface area contributed by atoms with E-state index in [1.165, 1.54) is 0 Å². The normalized spacial score (nSPS) is 18.8. The maximum Gasteiger partial charge on any atom is 0.232 e. The van der Waals surface area contributed by atoms with Gasteiger partial charge in [0.15, 0.2) is 11.5 Å². The average molecular weight is 407 g/mol. The Labute approximate surface area is 172 Å². The predicted octanol–water partition coefficient (Wildman–Crippen LogP) is 4.33. The van der Waals surface area contributed by atoms with E-state index in [2.05, 4.69) is 0 Å². The average Bonchev–Trinajstić information content (AvgIpc) is 3.04. The van der Waals surface area contributed by atoms with Crippen molar-refractivity contribution in [2.45, 2.75) is 6.04 Å². The number of amidine groups is 1. The molecule has 1 aliphatic heterocycles. The quantitative estimate of drug-likeness (QED) is 0.685. The number of hydrogen-bond acceptors (Lipinski definition) is 4. The van der Waals surface area contributed by atoms with E-state index in [0.717, 1.165) is 11.3 Å². The van der Waals surface area contributed by atoms with Crippen molar-refractivity contribution >= 4 is 28.4 Å². The first-order valence-electron chi connectivity index (χ1n) is 9.07. The molecule has 0 saturated carbocycles. The zero-order valence-corrected chi connectivity index (χ0v) is 16.9. The number of methoxy groups -OCH3 is 2. The van der Waals surface area contributed by atoms with Crippen LogP contribution in [0.15, 0.2) is 78.9 Å². The number of rotatable bonds is 5. The second-order valence-electron chi connectivity index (χ2n) is 6.42. The van der Waals surface area contributed by atoms with E-state index < -0.39 is 17.2 Å². The summed E-state index contributed by atoms with van der Waals surface area (Å²) in [6, 6.07) is 23.8. The molecule has 0 bridgehead atoms. The minimum absolute atomic E-state index is 0.227. The van der Waals surface area contributed by atoms with Crippen LogP contribution in [0.5, 0.6) is 11.5 Å². The predicted molar refractivity (Wildman–Crippen MR) is 116 cm³/mol. The van der Waals surface area contributed by atoms with Gasteiger partial charge in [-0.05, 0) is 42.0 Å². The van der Waals surface area contributed by atoms with Crippen molar-refractivity contribution in [2.24, 2.45) is 0 Å². The summed E-state index contributed by atoms with van der Waals surface area (Å²) in [6.07, 6.45) is 0. The lowest BCUT2D eigenvalue weighted by Crippen LogP contribution is -2.27. The Morgan fingerprint density at radius 3 is 2.00 bits per heavy atom. The highest BCUT2D eigenvalue weighted by atomic mass is 32.2. The number of nitrogens with zero attached hydrogens (tertiary/aromatic N) is 2. The summed E-state index contributed by atoms with van der Waals surface area (Å²) in [7, 11) is 3.16. The number of benzene rings is 3. The molecule has 1 heterocycles. The van der Waals surface area contributed by atoms with Crippen molar-refractivity contribution in [3.05, 3.63) is 84.4 Å². The van der Waals surface area contributed by atoms with Crippen LogP contribution in [0.3, 0.4) is 0 Å². The largest absolute Gasteiger partial charge is 0.493 e. The first-order valence-corrected chi connectivity index (χ1v) is 10.1. The van der Waals surface area contributed by atoms with Crippen molar-refractivity contribution in [1.82, 2.24) is 0 Å². The molecule has 1 saturated heterocycles.